The average molecular weight is 417 g/mol. The molecule has 1 atom stereocenters. The van der Waals surface area contributed by atoms with Crippen LogP contribution in [0.3, 0.4) is 0 Å². The Morgan fingerprint density at radius 1 is 0.967 bits per heavy atom. The van der Waals surface area contributed by atoms with Crippen LogP contribution in [0.4, 0.5) is 0 Å². The van der Waals surface area contributed by atoms with Gasteiger partial charge in [0.2, 0.25) is 11.8 Å². The highest BCUT2D eigenvalue weighted by atomic mass is 16.5. The molecular weight excluding hydrogens is 380 g/mol. The standard InChI is InChI=1S/C23H36N4O3/c1-19(23(29)24-17-20-7-9-21(30-2)10-8-20)26-15-13-25(14-16-26)18-22(28)27-11-5-3-4-6-12-27/h7-10,19H,3-6,11-18H2,1-2H3,(H,24,29)/t19-/m0/s1. The summed E-state index contributed by atoms with van der Waals surface area (Å²) in [6.45, 7) is 8.07. The summed E-state index contributed by atoms with van der Waals surface area (Å²) in [6.07, 6.45) is 4.73. The normalized spacial score (nSPS) is 19.7. The first kappa shape index (κ1) is 22.6. The van der Waals surface area contributed by atoms with E-state index in [9.17, 15) is 9.59 Å². The summed E-state index contributed by atoms with van der Waals surface area (Å²) in [5.74, 6) is 1.11. The number of benzene rings is 1. The van der Waals surface area contributed by atoms with Crippen LogP contribution in [-0.4, -0.2) is 85.5 Å². The number of likely N-dealkylation sites (tertiary alicyclic amines) is 1. The van der Waals surface area contributed by atoms with Gasteiger partial charge >= 0.3 is 0 Å². The van der Waals surface area contributed by atoms with Crippen LogP contribution in [0.2, 0.25) is 0 Å². The second kappa shape index (κ2) is 11.3. The van der Waals surface area contributed by atoms with Crippen LogP contribution < -0.4 is 10.1 Å². The maximum Gasteiger partial charge on any atom is 0.237 e. The van der Waals surface area contributed by atoms with Gasteiger partial charge < -0.3 is 15.0 Å². The Morgan fingerprint density at radius 3 is 2.20 bits per heavy atom. The number of piperazine rings is 1. The minimum Gasteiger partial charge on any atom is -0.497 e. The number of hydrogen-bond acceptors (Lipinski definition) is 5. The Morgan fingerprint density at radius 2 is 1.60 bits per heavy atom. The van der Waals surface area contributed by atoms with Crippen LogP contribution in [0, 0.1) is 0 Å². The van der Waals surface area contributed by atoms with Crippen LogP contribution in [0.25, 0.3) is 0 Å². The van der Waals surface area contributed by atoms with Crippen LogP contribution >= 0.6 is 0 Å². The minimum absolute atomic E-state index is 0.0416. The Hall–Kier alpha value is -2.12. The number of ether oxygens (including phenoxy) is 1. The van der Waals surface area contributed by atoms with Crippen molar-refractivity contribution in [1.82, 2.24) is 20.0 Å². The molecule has 7 nitrogen and oxygen atoms in total. The van der Waals surface area contributed by atoms with Crippen molar-refractivity contribution >= 4 is 11.8 Å². The van der Waals surface area contributed by atoms with Gasteiger partial charge in [-0.15, -0.1) is 0 Å². The number of carbonyl (C=O) groups excluding carboxylic acids is 2. The van der Waals surface area contributed by atoms with Crippen LogP contribution in [0.15, 0.2) is 24.3 Å². The molecule has 166 valence electrons. The first-order chi connectivity index (χ1) is 14.6. The lowest BCUT2D eigenvalue weighted by molar-refractivity contribution is -0.133. The fourth-order valence-electron chi connectivity index (χ4n) is 4.17. The van der Waals surface area contributed by atoms with E-state index in [0.717, 1.165) is 63.4 Å². The molecule has 2 aliphatic heterocycles. The van der Waals surface area contributed by atoms with E-state index in [4.69, 9.17) is 4.74 Å². The smallest absolute Gasteiger partial charge is 0.237 e. The maximum atomic E-state index is 12.6. The van der Waals surface area contributed by atoms with Crippen molar-refractivity contribution in [1.29, 1.82) is 0 Å². The van der Waals surface area contributed by atoms with E-state index in [-0.39, 0.29) is 17.9 Å². The van der Waals surface area contributed by atoms with Crippen molar-refractivity contribution in [2.24, 2.45) is 0 Å². The molecular formula is C23H36N4O3. The Bertz CT molecular complexity index is 678. The van der Waals surface area contributed by atoms with E-state index < -0.39 is 0 Å². The van der Waals surface area contributed by atoms with Gasteiger partial charge in [-0.25, -0.2) is 0 Å². The molecule has 1 aromatic rings. The van der Waals surface area contributed by atoms with Crippen molar-refractivity contribution < 1.29 is 14.3 Å². The van der Waals surface area contributed by atoms with Crippen molar-refractivity contribution in [2.75, 3.05) is 52.9 Å². The maximum absolute atomic E-state index is 12.6. The van der Waals surface area contributed by atoms with E-state index in [2.05, 4.69) is 15.1 Å². The van der Waals surface area contributed by atoms with Gasteiger partial charge in [-0.1, -0.05) is 25.0 Å². The number of methoxy groups -OCH3 is 1. The van der Waals surface area contributed by atoms with E-state index in [0.29, 0.717) is 13.1 Å². The Balaban J connectivity index is 1.38. The summed E-state index contributed by atoms with van der Waals surface area (Å²) >= 11 is 0. The molecule has 2 amide bonds. The number of nitrogens with one attached hydrogen (secondary N) is 1. The Labute approximate surface area is 180 Å². The molecule has 0 saturated carbocycles. The third-order valence-electron chi connectivity index (χ3n) is 6.28. The van der Waals surface area contributed by atoms with Crippen molar-refractivity contribution in [3.05, 3.63) is 29.8 Å². The number of carbonyl (C=O) groups is 2. The Kier molecular flexibility index (Phi) is 8.51. The predicted octanol–water partition coefficient (Wildman–Crippen LogP) is 1.72. The first-order valence-electron chi connectivity index (χ1n) is 11.2. The average Bonchev–Trinajstić information content (AvgIpc) is 3.07. The second-order valence-corrected chi connectivity index (χ2v) is 8.35. The highest BCUT2D eigenvalue weighted by Gasteiger charge is 2.27. The van der Waals surface area contributed by atoms with Gasteiger partial charge in [-0.05, 0) is 37.5 Å². The molecule has 2 aliphatic rings. The summed E-state index contributed by atoms with van der Waals surface area (Å²) in [5.41, 5.74) is 1.05. The number of rotatable bonds is 7. The molecule has 0 aliphatic carbocycles. The highest BCUT2D eigenvalue weighted by Crippen LogP contribution is 2.13. The third kappa shape index (κ3) is 6.44. The van der Waals surface area contributed by atoms with Crippen LogP contribution in [0.1, 0.15) is 38.2 Å². The number of hydrogen-bond donors (Lipinski definition) is 1. The predicted molar refractivity (Wildman–Crippen MR) is 117 cm³/mol. The van der Waals surface area contributed by atoms with E-state index in [1.54, 1.807) is 7.11 Å². The highest BCUT2D eigenvalue weighted by molar-refractivity contribution is 5.81. The minimum atomic E-state index is -0.174. The molecule has 3 rings (SSSR count). The van der Waals surface area contributed by atoms with Gasteiger partial charge in [0, 0.05) is 45.8 Å². The van der Waals surface area contributed by atoms with Crippen molar-refractivity contribution in [2.45, 2.75) is 45.2 Å². The fourth-order valence-corrected chi connectivity index (χ4v) is 4.17. The lowest BCUT2D eigenvalue weighted by Crippen LogP contribution is -2.55. The number of nitrogens with zero attached hydrogens (tertiary/aromatic N) is 3. The van der Waals surface area contributed by atoms with Gasteiger partial charge in [0.1, 0.15) is 5.75 Å². The third-order valence-corrected chi connectivity index (χ3v) is 6.28. The molecule has 2 fully saturated rings. The first-order valence-corrected chi connectivity index (χ1v) is 11.2. The fraction of sp³-hybridized carbons (Fsp3) is 0.652. The zero-order valence-electron chi connectivity index (χ0n) is 18.4. The van der Waals surface area contributed by atoms with Crippen LogP contribution in [0.5, 0.6) is 5.75 Å². The van der Waals surface area contributed by atoms with Gasteiger partial charge in [0.25, 0.3) is 0 Å². The van der Waals surface area contributed by atoms with Crippen molar-refractivity contribution in [3.8, 4) is 5.75 Å². The van der Waals surface area contributed by atoms with Crippen molar-refractivity contribution in [3.63, 3.8) is 0 Å². The molecule has 30 heavy (non-hydrogen) atoms. The number of amides is 2. The second-order valence-electron chi connectivity index (χ2n) is 8.35. The summed E-state index contributed by atoms with van der Waals surface area (Å²) < 4.78 is 5.16. The van der Waals surface area contributed by atoms with E-state index in [1.165, 1.54) is 12.8 Å². The van der Waals surface area contributed by atoms with Gasteiger partial charge in [-0.3, -0.25) is 19.4 Å². The summed E-state index contributed by atoms with van der Waals surface area (Å²) in [5, 5.41) is 3.03. The van der Waals surface area contributed by atoms with Crippen LogP contribution in [-0.2, 0) is 16.1 Å². The molecule has 0 unspecified atom stereocenters. The van der Waals surface area contributed by atoms with E-state index >= 15 is 0 Å². The molecule has 2 saturated heterocycles. The summed E-state index contributed by atoms with van der Waals surface area (Å²) in [4.78, 5) is 31.7. The monoisotopic (exact) mass is 416 g/mol. The SMILES string of the molecule is COc1ccc(CNC(=O)[C@H](C)N2CCN(CC(=O)N3CCCCCC3)CC2)cc1. The molecule has 7 heteroatoms. The van der Waals surface area contributed by atoms with Gasteiger partial charge in [0.05, 0.1) is 19.7 Å². The quantitative estimate of drug-likeness (QED) is 0.733. The molecule has 0 radical (unpaired) electrons. The zero-order valence-corrected chi connectivity index (χ0v) is 18.4. The molecule has 0 bridgehead atoms. The molecule has 0 spiro atoms. The topological polar surface area (TPSA) is 65.1 Å². The lowest BCUT2D eigenvalue weighted by Gasteiger charge is -2.37. The lowest BCUT2D eigenvalue weighted by atomic mass is 10.2. The summed E-state index contributed by atoms with van der Waals surface area (Å²) in [7, 11) is 1.64. The molecule has 1 N–H and O–H groups in total. The summed E-state index contributed by atoms with van der Waals surface area (Å²) in [6, 6.07) is 7.55. The molecule has 0 aromatic heterocycles. The largest absolute Gasteiger partial charge is 0.497 e. The molecule has 1 aromatic carbocycles. The zero-order chi connectivity index (χ0) is 21.3. The van der Waals surface area contributed by atoms with Gasteiger partial charge in [0.15, 0.2) is 0 Å². The molecule has 2 heterocycles. The van der Waals surface area contributed by atoms with Gasteiger partial charge in [-0.2, -0.15) is 0 Å². The van der Waals surface area contributed by atoms with E-state index in [1.807, 2.05) is 36.1 Å².